The highest BCUT2D eigenvalue weighted by atomic mass is 32.1. The summed E-state index contributed by atoms with van der Waals surface area (Å²) in [6.07, 6.45) is 0.255. The molecule has 1 atom stereocenters. The molecule has 154 valence electrons. The van der Waals surface area contributed by atoms with Crippen LogP contribution in [0.1, 0.15) is 42.8 Å². The van der Waals surface area contributed by atoms with Crippen LogP contribution in [0, 0.1) is 0 Å². The molecule has 1 aliphatic heterocycles. The second kappa shape index (κ2) is 7.73. The number of nitrogens with zero attached hydrogens (tertiary/aromatic N) is 1. The van der Waals surface area contributed by atoms with Gasteiger partial charge in [-0.25, -0.2) is 0 Å². The molecule has 0 radical (unpaired) electrons. The van der Waals surface area contributed by atoms with Crippen LogP contribution in [0.25, 0.3) is 15.7 Å². The fourth-order valence-electron chi connectivity index (χ4n) is 3.94. The van der Waals surface area contributed by atoms with Gasteiger partial charge in [0.05, 0.1) is 6.42 Å². The molecular formula is C25H26N2O2S. The van der Waals surface area contributed by atoms with Crippen LogP contribution in [-0.2, 0) is 16.0 Å². The quantitative estimate of drug-likeness (QED) is 0.654. The van der Waals surface area contributed by atoms with Crippen molar-refractivity contribution in [2.75, 3.05) is 6.54 Å². The second-order valence-electron chi connectivity index (χ2n) is 8.77. The lowest BCUT2D eigenvalue weighted by molar-refractivity contribution is -0.140. The average Bonchev–Trinajstić information content (AvgIpc) is 3.07. The minimum atomic E-state index is -0.669. The SMILES string of the molecule is C=C1CN(C(=O)Cc2ccccc2)C(C(=O)NC(C)(C)C)c2c1sc1ccccc21. The Bertz CT molecular complexity index is 1130. The summed E-state index contributed by atoms with van der Waals surface area (Å²) in [7, 11) is 0. The highest BCUT2D eigenvalue weighted by molar-refractivity contribution is 7.20. The van der Waals surface area contributed by atoms with Crippen LogP contribution in [0.15, 0.2) is 61.2 Å². The van der Waals surface area contributed by atoms with Gasteiger partial charge < -0.3 is 10.2 Å². The number of thiophene rings is 1. The zero-order valence-electron chi connectivity index (χ0n) is 17.6. The summed E-state index contributed by atoms with van der Waals surface area (Å²) in [4.78, 5) is 29.5. The van der Waals surface area contributed by atoms with E-state index in [1.165, 1.54) is 0 Å². The van der Waals surface area contributed by atoms with E-state index < -0.39 is 11.6 Å². The van der Waals surface area contributed by atoms with E-state index in [0.29, 0.717) is 6.54 Å². The van der Waals surface area contributed by atoms with E-state index in [4.69, 9.17) is 0 Å². The molecule has 2 amide bonds. The van der Waals surface area contributed by atoms with Gasteiger partial charge in [-0.1, -0.05) is 55.1 Å². The highest BCUT2D eigenvalue weighted by Gasteiger charge is 2.40. The Balaban J connectivity index is 1.80. The molecule has 3 aromatic rings. The number of carbonyl (C=O) groups is 2. The fourth-order valence-corrected chi connectivity index (χ4v) is 5.13. The molecule has 0 saturated heterocycles. The molecule has 0 bridgehead atoms. The molecule has 1 N–H and O–H groups in total. The van der Waals surface area contributed by atoms with Gasteiger partial charge in [0.15, 0.2) is 0 Å². The van der Waals surface area contributed by atoms with Crippen molar-refractivity contribution in [3.8, 4) is 0 Å². The standard InChI is InChI=1S/C25H26N2O2S/c1-16-15-27(20(28)14-17-10-6-5-7-11-17)22(24(29)26-25(2,3)4)21-18-12-8-9-13-19(18)30-23(16)21/h5-13,22H,1,14-15H2,2-4H3,(H,26,29). The maximum absolute atomic E-state index is 13.5. The number of carbonyl (C=O) groups excluding carboxylic acids is 2. The predicted octanol–water partition coefficient (Wildman–Crippen LogP) is 4.96. The van der Waals surface area contributed by atoms with Crippen LogP contribution in [0.2, 0.25) is 0 Å². The zero-order valence-corrected chi connectivity index (χ0v) is 18.4. The minimum absolute atomic E-state index is 0.0719. The van der Waals surface area contributed by atoms with Crippen molar-refractivity contribution in [2.24, 2.45) is 0 Å². The highest BCUT2D eigenvalue weighted by Crippen LogP contribution is 2.45. The van der Waals surface area contributed by atoms with Gasteiger partial charge in [-0.15, -0.1) is 11.3 Å². The summed E-state index contributed by atoms with van der Waals surface area (Å²) in [6.45, 7) is 10.5. The minimum Gasteiger partial charge on any atom is -0.349 e. The maximum Gasteiger partial charge on any atom is 0.247 e. The Morgan fingerprint density at radius 1 is 1.10 bits per heavy atom. The van der Waals surface area contributed by atoms with Crippen LogP contribution < -0.4 is 5.32 Å². The zero-order chi connectivity index (χ0) is 21.5. The Morgan fingerprint density at radius 3 is 2.47 bits per heavy atom. The van der Waals surface area contributed by atoms with Gasteiger partial charge in [0, 0.05) is 27.2 Å². The molecule has 1 aliphatic rings. The van der Waals surface area contributed by atoms with E-state index in [2.05, 4.69) is 18.0 Å². The summed E-state index contributed by atoms with van der Waals surface area (Å²) >= 11 is 1.65. The maximum atomic E-state index is 13.5. The molecule has 0 fully saturated rings. The lowest BCUT2D eigenvalue weighted by Gasteiger charge is -2.37. The van der Waals surface area contributed by atoms with Gasteiger partial charge >= 0.3 is 0 Å². The Morgan fingerprint density at radius 2 is 1.77 bits per heavy atom. The Labute approximate surface area is 181 Å². The molecular weight excluding hydrogens is 392 g/mol. The topological polar surface area (TPSA) is 49.4 Å². The molecule has 0 spiro atoms. The summed E-state index contributed by atoms with van der Waals surface area (Å²) < 4.78 is 1.11. The largest absolute Gasteiger partial charge is 0.349 e. The molecule has 1 aromatic heterocycles. The van der Waals surface area contributed by atoms with Crippen molar-refractivity contribution in [1.29, 1.82) is 0 Å². The normalized spacial score (nSPS) is 16.4. The Hall–Kier alpha value is -2.92. The lowest BCUT2D eigenvalue weighted by atomic mass is 9.92. The van der Waals surface area contributed by atoms with Gasteiger partial charge in [-0.3, -0.25) is 9.59 Å². The first-order valence-corrected chi connectivity index (χ1v) is 10.9. The molecule has 2 heterocycles. The van der Waals surface area contributed by atoms with Crippen LogP contribution >= 0.6 is 11.3 Å². The number of nitrogens with one attached hydrogen (secondary N) is 1. The van der Waals surface area contributed by atoms with Crippen molar-refractivity contribution < 1.29 is 9.59 Å². The molecule has 1 unspecified atom stereocenters. The third-order valence-electron chi connectivity index (χ3n) is 5.17. The van der Waals surface area contributed by atoms with Crippen molar-refractivity contribution in [3.05, 3.63) is 77.2 Å². The molecule has 30 heavy (non-hydrogen) atoms. The van der Waals surface area contributed by atoms with Crippen molar-refractivity contribution >= 4 is 38.8 Å². The number of rotatable bonds is 3. The van der Waals surface area contributed by atoms with Crippen LogP contribution in [0.5, 0.6) is 0 Å². The molecule has 4 nitrogen and oxygen atoms in total. The van der Waals surface area contributed by atoms with Crippen LogP contribution in [0.4, 0.5) is 0 Å². The van der Waals surface area contributed by atoms with Crippen molar-refractivity contribution in [1.82, 2.24) is 10.2 Å². The summed E-state index contributed by atoms with van der Waals surface area (Å²) in [5.41, 5.74) is 2.32. The van der Waals surface area contributed by atoms with Gasteiger partial charge in [-0.05, 0) is 43.4 Å². The summed E-state index contributed by atoms with van der Waals surface area (Å²) in [6, 6.07) is 17.0. The van der Waals surface area contributed by atoms with E-state index in [-0.39, 0.29) is 18.2 Å². The van der Waals surface area contributed by atoms with Gasteiger partial charge in [0.2, 0.25) is 11.8 Å². The van der Waals surface area contributed by atoms with Gasteiger partial charge in [0.1, 0.15) is 6.04 Å². The van der Waals surface area contributed by atoms with Crippen LogP contribution in [-0.4, -0.2) is 28.8 Å². The molecule has 0 aliphatic carbocycles. The van der Waals surface area contributed by atoms with Gasteiger partial charge in [0.25, 0.3) is 0 Å². The van der Waals surface area contributed by atoms with Crippen LogP contribution in [0.3, 0.4) is 0 Å². The third kappa shape index (κ3) is 3.90. The molecule has 2 aromatic carbocycles. The average molecular weight is 419 g/mol. The summed E-state index contributed by atoms with van der Waals surface area (Å²) in [5.74, 6) is -0.224. The number of fused-ring (bicyclic) bond motifs is 3. The number of hydrogen-bond acceptors (Lipinski definition) is 3. The predicted molar refractivity (Wildman–Crippen MR) is 123 cm³/mol. The Kier molecular flexibility index (Phi) is 5.24. The van der Waals surface area contributed by atoms with E-state index in [1.807, 2.05) is 69.3 Å². The van der Waals surface area contributed by atoms with E-state index in [9.17, 15) is 9.59 Å². The first-order valence-electron chi connectivity index (χ1n) is 10.1. The first kappa shape index (κ1) is 20.4. The second-order valence-corrected chi connectivity index (χ2v) is 9.82. The first-order chi connectivity index (χ1) is 14.2. The van der Waals surface area contributed by atoms with E-state index >= 15 is 0 Å². The molecule has 0 saturated carbocycles. The van der Waals surface area contributed by atoms with Crippen molar-refractivity contribution in [2.45, 2.75) is 38.8 Å². The number of benzene rings is 2. The summed E-state index contributed by atoms with van der Waals surface area (Å²) in [5, 5.41) is 4.11. The number of amides is 2. The smallest absolute Gasteiger partial charge is 0.247 e. The van der Waals surface area contributed by atoms with E-state index in [1.54, 1.807) is 16.2 Å². The van der Waals surface area contributed by atoms with Crippen molar-refractivity contribution in [3.63, 3.8) is 0 Å². The molecule has 5 heteroatoms. The third-order valence-corrected chi connectivity index (χ3v) is 6.45. The molecule has 4 rings (SSSR count). The fraction of sp³-hybridized carbons (Fsp3) is 0.280. The monoisotopic (exact) mass is 418 g/mol. The number of hydrogen-bond donors (Lipinski definition) is 1. The van der Waals surface area contributed by atoms with Gasteiger partial charge in [-0.2, -0.15) is 0 Å². The lowest BCUT2D eigenvalue weighted by Crippen LogP contribution is -2.51. The van der Waals surface area contributed by atoms with E-state index in [0.717, 1.165) is 31.7 Å².